The zero-order valence-electron chi connectivity index (χ0n) is 57.3. The first-order valence-electron chi connectivity index (χ1n) is 37.2. The maximum atomic E-state index is 13.4. The number of hydrogen-bond acceptors (Lipinski definition) is 18. The van der Waals surface area contributed by atoms with Gasteiger partial charge in [-0.1, -0.05) is 262 Å². The zero-order chi connectivity index (χ0) is 66.8. The number of ether oxygens (including phenoxy) is 6. The van der Waals surface area contributed by atoms with Crippen molar-refractivity contribution in [2.45, 2.75) is 394 Å². The van der Waals surface area contributed by atoms with E-state index in [0.29, 0.717) is 12.8 Å². The molecule has 3 fully saturated rings. The smallest absolute Gasteiger partial charge is 0.220 e. The van der Waals surface area contributed by atoms with Gasteiger partial charge < -0.3 is 89.9 Å². The van der Waals surface area contributed by atoms with Crippen LogP contribution < -0.4 is 5.32 Å². The molecule has 0 aromatic heterocycles. The number of unbranched alkanes of at least 4 members (excludes halogenated alkanes) is 38. The number of allylic oxidation sites excluding steroid dienone is 5. The van der Waals surface area contributed by atoms with Crippen LogP contribution in [0.15, 0.2) is 36.5 Å². The number of aliphatic hydroxyl groups is 11. The van der Waals surface area contributed by atoms with Gasteiger partial charge in [0.25, 0.3) is 0 Å². The lowest BCUT2D eigenvalue weighted by molar-refractivity contribution is -0.379. The van der Waals surface area contributed by atoms with E-state index in [9.17, 15) is 61.0 Å². The largest absolute Gasteiger partial charge is 0.394 e. The van der Waals surface area contributed by atoms with Gasteiger partial charge in [-0.25, -0.2) is 0 Å². The highest BCUT2D eigenvalue weighted by molar-refractivity contribution is 5.76. The third-order valence-electron chi connectivity index (χ3n) is 18.7. The number of hydrogen-bond donors (Lipinski definition) is 12. The third kappa shape index (κ3) is 36.0. The van der Waals surface area contributed by atoms with E-state index >= 15 is 0 Å². The van der Waals surface area contributed by atoms with Crippen molar-refractivity contribution in [1.82, 2.24) is 5.32 Å². The highest BCUT2D eigenvalue weighted by atomic mass is 16.8. The van der Waals surface area contributed by atoms with E-state index in [1.165, 1.54) is 218 Å². The van der Waals surface area contributed by atoms with E-state index in [4.69, 9.17) is 28.4 Å². The first-order chi connectivity index (χ1) is 44.8. The Balaban J connectivity index is 1.37. The molecule has 0 aliphatic carbocycles. The van der Waals surface area contributed by atoms with Crippen LogP contribution in [0.4, 0.5) is 0 Å². The molecule has 540 valence electrons. The van der Waals surface area contributed by atoms with Crippen molar-refractivity contribution >= 4 is 5.91 Å². The van der Waals surface area contributed by atoms with Crippen LogP contribution in [0, 0.1) is 0 Å². The second-order valence-electron chi connectivity index (χ2n) is 26.7. The summed E-state index contributed by atoms with van der Waals surface area (Å²) in [7, 11) is 0. The summed E-state index contributed by atoms with van der Waals surface area (Å²) in [5, 5.41) is 121. The van der Waals surface area contributed by atoms with Gasteiger partial charge in [-0.3, -0.25) is 4.79 Å². The molecule has 92 heavy (non-hydrogen) atoms. The standard InChI is InChI=1S/C73H135NO18/c1-3-5-7-9-11-13-15-17-19-21-22-23-24-25-26-27-28-29-30-31-32-33-34-35-37-39-41-43-45-47-49-51-61(79)74-56(57(78)50-48-46-44-42-40-38-36-20-18-16-14-12-10-8-6-4-2)55-87-71-67(85)64(82)69(59(53-76)89-71)92-73-68(86)65(83)70(60(54-77)90-73)91-72-66(84)63(81)62(80)58(52-75)88-72/h21-22,40,42,48,50,56-60,62-73,75-78,80-86H,3-20,23-39,41,43-47,49,51-55H2,1-2H3,(H,74,79)/b22-21-,42-40+,50-48+. The number of nitrogens with one attached hydrogen (secondary N) is 1. The molecule has 17 atom stereocenters. The Bertz CT molecular complexity index is 1810. The Kier molecular flexibility index (Phi) is 50.3. The molecule has 19 nitrogen and oxygen atoms in total. The molecule has 0 radical (unpaired) electrons. The van der Waals surface area contributed by atoms with Gasteiger partial charge in [0.05, 0.1) is 38.6 Å². The third-order valence-corrected chi connectivity index (χ3v) is 18.7. The van der Waals surface area contributed by atoms with Crippen molar-refractivity contribution in [3.05, 3.63) is 36.5 Å². The van der Waals surface area contributed by atoms with Gasteiger partial charge in [-0.2, -0.15) is 0 Å². The first kappa shape index (κ1) is 84.2. The summed E-state index contributed by atoms with van der Waals surface area (Å²) in [6.45, 7) is 1.74. The van der Waals surface area contributed by atoms with Gasteiger partial charge >= 0.3 is 0 Å². The molecule has 3 rings (SSSR count). The van der Waals surface area contributed by atoms with Gasteiger partial charge in [0.2, 0.25) is 5.91 Å². The quantitative estimate of drug-likeness (QED) is 0.0199. The predicted molar refractivity (Wildman–Crippen MR) is 360 cm³/mol. The molecule has 0 aromatic rings. The number of carbonyl (C=O) groups is 1. The van der Waals surface area contributed by atoms with Crippen molar-refractivity contribution in [1.29, 1.82) is 0 Å². The summed E-state index contributed by atoms with van der Waals surface area (Å²) in [5.74, 6) is -0.281. The van der Waals surface area contributed by atoms with E-state index < -0.39 is 124 Å². The maximum absolute atomic E-state index is 13.4. The molecule has 0 aromatic carbocycles. The van der Waals surface area contributed by atoms with Crippen molar-refractivity contribution < 1.29 is 89.4 Å². The second kappa shape index (κ2) is 55.0. The average Bonchev–Trinajstić information content (AvgIpc) is 0.834. The second-order valence-corrected chi connectivity index (χ2v) is 26.7. The van der Waals surface area contributed by atoms with Crippen molar-refractivity contribution in [2.75, 3.05) is 26.4 Å². The molecule has 3 aliphatic heterocycles. The Morgan fingerprint density at radius 3 is 1.09 bits per heavy atom. The minimum absolute atomic E-state index is 0.239. The Morgan fingerprint density at radius 2 is 0.696 bits per heavy atom. The minimum Gasteiger partial charge on any atom is -0.394 e. The maximum Gasteiger partial charge on any atom is 0.220 e. The topological polar surface area (TPSA) is 307 Å². The summed E-state index contributed by atoms with van der Waals surface area (Å²) in [6.07, 6.45) is 38.6. The van der Waals surface area contributed by atoms with Gasteiger partial charge in [0, 0.05) is 6.42 Å². The molecule has 0 spiro atoms. The van der Waals surface area contributed by atoms with Crippen LogP contribution in [-0.2, 0) is 33.2 Å². The molecule has 0 saturated carbocycles. The first-order valence-corrected chi connectivity index (χ1v) is 37.2. The summed E-state index contributed by atoms with van der Waals surface area (Å²) < 4.78 is 34.4. The van der Waals surface area contributed by atoms with Gasteiger partial charge in [-0.15, -0.1) is 0 Å². The molecule has 1 amide bonds. The lowest BCUT2D eigenvalue weighted by Crippen LogP contribution is -2.66. The summed E-state index contributed by atoms with van der Waals surface area (Å²) in [6, 6.07) is -0.988. The lowest BCUT2D eigenvalue weighted by atomic mass is 9.96. The fourth-order valence-electron chi connectivity index (χ4n) is 12.6. The number of aliphatic hydroxyl groups excluding tert-OH is 11. The van der Waals surface area contributed by atoms with Gasteiger partial charge in [0.15, 0.2) is 18.9 Å². The van der Waals surface area contributed by atoms with Crippen LogP contribution in [0.25, 0.3) is 0 Å². The summed E-state index contributed by atoms with van der Waals surface area (Å²) in [4.78, 5) is 13.4. The number of carbonyl (C=O) groups excluding carboxylic acids is 1. The minimum atomic E-state index is -1.98. The molecular formula is C73H135NO18. The van der Waals surface area contributed by atoms with E-state index in [1.807, 2.05) is 6.08 Å². The Labute approximate surface area is 555 Å². The molecule has 0 bridgehead atoms. The molecule has 3 saturated heterocycles. The number of amides is 1. The van der Waals surface area contributed by atoms with E-state index in [-0.39, 0.29) is 18.9 Å². The fraction of sp³-hybridized carbons (Fsp3) is 0.904. The van der Waals surface area contributed by atoms with Crippen molar-refractivity contribution in [2.24, 2.45) is 0 Å². The summed E-state index contributed by atoms with van der Waals surface area (Å²) >= 11 is 0. The van der Waals surface area contributed by atoms with Crippen LogP contribution in [0.3, 0.4) is 0 Å². The molecule has 3 aliphatic rings. The van der Waals surface area contributed by atoms with Gasteiger partial charge in [-0.05, 0) is 57.8 Å². The van der Waals surface area contributed by atoms with Crippen LogP contribution in [0.5, 0.6) is 0 Å². The highest BCUT2D eigenvalue weighted by Crippen LogP contribution is 2.33. The lowest BCUT2D eigenvalue weighted by Gasteiger charge is -2.48. The Morgan fingerprint density at radius 1 is 0.380 bits per heavy atom. The van der Waals surface area contributed by atoms with E-state index in [2.05, 4.69) is 43.5 Å². The fourth-order valence-corrected chi connectivity index (χ4v) is 12.6. The summed E-state index contributed by atoms with van der Waals surface area (Å²) in [5.41, 5.74) is 0. The van der Waals surface area contributed by atoms with Crippen LogP contribution in [0.2, 0.25) is 0 Å². The molecule has 12 N–H and O–H groups in total. The van der Waals surface area contributed by atoms with Crippen LogP contribution in [-0.4, -0.2) is 193 Å². The van der Waals surface area contributed by atoms with E-state index in [0.717, 1.165) is 38.5 Å². The predicted octanol–water partition coefficient (Wildman–Crippen LogP) is 10.8. The van der Waals surface area contributed by atoms with Crippen molar-refractivity contribution in [3.8, 4) is 0 Å². The van der Waals surface area contributed by atoms with Crippen LogP contribution >= 0.6 is 0 Å². The average molecular weight is 1310 g/mol. The highest BCUT2D eigenvalue weighted by Gasteiger charge is 2.53. The normalized spacial score (nSPS) is 27.9. The van der Waals surface area contributed by atoms with Crippen molar-refractivity contribution in [3.63, 3.8) is 0 Å². The van der Waals surface area contributed by atoms with E-state index in [1.54, 1.807) is 6.08 Å². The molecule has 3 heterocycles. The molecular weight excluding hydrogens is 1180 g/mol. The molecule has 19 heteroatoms. The number of rotatable bonds is 58. The monoisotopic (exact) mass is 1310 g/mol. The van der Waals surface area contributed by atoms with Crippen LogP contribution in [0.1, 0.15) is 290 Å². The zero-order valence-corrected chi connectivity index (χ0v) is 57.3. The molecule has 17 unspecified atom stereocenters. The van der Waals surface area contributed by atoms with Gasteiger partial charge in [0.1, 0.15) is 73.2 Å². The Hall–Kier alpha value is -1.99. The SMILES string of the molecule is CCCCCCCCCC/C=C\CCCCCCCCCCCCCCCCCCCCCC(=O)NC(COC1OC(CO)C(OC2OC(CO)C(OC3OC(CO)C(O)C(O)C3O)C(O)C2O)C(O)C1O)C(O)/C=C/CC/C=C/CCCCCCCCCCCC.